The molecule has 0 unspecified atom stereocenters. The van der Waals surface area contributed by atoms with E-state index in [1.54, 1.807) is 30.6 Å². The van der Waals surface area contributed by atoms with Crippen molar-refractivity contribution in [2.75, 3.05) is 11.1 Å². The molecule has 1 aromatic heterocycles. The van der Waals surface area contributed by atoms with Gasteiger partial charge in [-0.2, -0.15) is 0 Å². The van der Waals surface area contributed by atoms with E-state index in [4.69, 9.17) is 0 Å². The highest BCUT2D eigenvalue weighted by Gasteiger charge is 2.17. The Morgan fingerprint density at radius 3 is 2.49 bits per heavy atom. The van der Waals surface area contributed by atoms with Crippen LogP contribution >= 0.6 is 11.8 Å². The summed E-state index contributed by atoms with van der Waals surface area (Å²) in [6, 6.07) is 22.7. The molecule has 4 aromatic rings. The van der Waals surface area contributed by atoms with Crippen LogP contribution in [0.2, 0.25) is 0 Å². The van der Waals surface area contributed by atoms with Crippen LogP contribution in [0.15, 0.2) is 84.3 Å². The highest BCUT2D eigenvalue weighted by molar-refractivity contribution is 7.99. The van der Waals surface area contributed by atoms with Crippen LogP contribution in [-0.2, 0) is 4.79 Å². The number of anilines is 1. The maximum Gasteiger partial charge on any atom is 0.253 e. The standard InChI is InChI=1S/C27H27N5O2S/c1-18-13-14-22(15-19(18)2)32-17-28-31-27(32)35-16-25(33)30-24-12-8-7-11-23(24)26(34)29-20(3)21-9-5-4-6-10-21/h4-15,17,20H,16H2,1-3H3,(H,29,34)(H,30,33)/t20-/m0/s1. The van der Waals surface area contributed by atoms with Crippen LogP contribution in [0.25, 0.3) is 5.69 Å². The SMILES string of the molecule is Cc1ccc(-n2cnnc2SCC(=O)Nc2ccccc2C(=O)N[C@@H](C)c2ccccc2)cc1C. The maximum absolute atomic E-state index is 12.9. The zero-order valence-corrected chi connectivity index (χ0v) is 20.7. The monoisotopic (exact) mass is 485 g/mol. The van der Waals surface area contributed by atoms with Gasteiger partial charge in [0.1, 0.15) is 6.33 Å². The normalized spacial score (nSPS) is 11.6. The lowest BCUT2D eigenvalue weighted by Gasteiger charge is -2.16. The summed E-state index contributed by atoms with van der Waals surface area (Å²) < 4.78 is 1.86. The number of nitrogens with one attached hydrogen (secondary N) is 2. The highest BCUT2D eigenvalue weighted by Crippen LogP contribution is 2.23. The van der Waals surface area contributed by atoms with Crippen LogP contribution in [0.1, 0.15) is 40.0 Å². The molecule has 7 nitrogen and oxygen atoms in total. The quantitative estimate of drug-likeness (QED) is 0.339. The van der Waals surface area contributed by atoms with E-state index in [9.17, 15) is 9.59 Å². The van der Waals surface area contributed by atoms with Gasteiger partial charge in [0.25, 0.3) is 5.91 Å². The molecule has 0 aliphatic carbocycles. The predicted molar refractivity (Wildman–Crippen MR) is 139 cm³/mol. The zero-order valence-electron chi connectivity index (χ0n) is 19.9. The second-order valence-corrected chi connectivity index (χ2v) is 9.18. The molecule has 3 aromatic carbocycles. The molecule has 8 heteroatoms. The molecule has 0 bridgehead atoms. The van der Waals surface area contributed by atoms with E-state index in [0.717, 1.165) is 11.3 Å². The summed E-state index contributed by atoms with van der Waals surface area (Å²) in [5.74, 6) is -0.361. The molecule has 0 fully saturated rings. The first-order valence-corrected chi connectivity index (χ1v) is 12.3. The molecular formula is C27H27N5O2S. The van der Waals surface area contributed by atoms with Crippen molar-refractivity contribution in [2.45, 2.75) is 32.0 Å². The summed E-state index contributed by atoms with van der Waals surface area (Å²) in [6.45, 7) is 6.04. The van der Waals surface area contributed by atoms with E-state index in [1.165, 1.54) is 22.9 Å². The Labute approximate surface area is 209 Å². The largest absolute Gasteiger partial charge is 0.345 e. The molecule has 1 heterocycles. The Morgan fingerprint density at radius 2 is 1.71 bits per heavy atom. The van der Waals surface area contributed by atoms with Gasteiger partial charge in [-0.05, 0) is 61.7 Å². The van der Waals surface area contributed by atoms with Gasteiger partial charge in [0.15, 0.2) is 5.16 Å². The Bertz CT molecular complexity index is 1340. The minimum atomic E-state index is -0.251. The summed E-state index contributed by atoms with van der Waals surface area (Å²) in [5, 5.41) is 14.7. The summed E-state index contributed by atoms with van der Waals surface area (Å²) in [4.78, 5) is 25.7. The van der Waals surface area contributed by atoms with Crippen molar-refractivity contribution in [3.63, 3.8) is 0 Å². The molecule has 0 saturated heterocycles. The zero-order chi connectivity index (χ0) is 24.8. The van der Waals surface area contributed by atoms with Crippen molar-refractivity contribution in [1.29, 1.82) is 0 Å². The Balaban J connectivity index is 1.40. The number of benzene rings is 3. The Hall–Kier alpha value is -3.91. The smallest absolute Gasteiger partial charge is 0.253 e. The lowest BCUT2D eigenvalue weighted by Crippen LogP contribution is -2.28. The molecule has 2 amide bonds. The molecule has 0 aliphatic rings. The van der Waals surface area contributed by atoms with Crippen LogP contribution in [0.5, 0.6) is 0 Å². The van der Waals surface area contributed by atoms with Gasteiger partial charge in [0.05, 0.1) is 23.0 Å². The van der Waals surface area contributed by atoms with Crippen LogP contribution in [0.3, 0.4) is 0 Å². The van der Waals surface area contributed by atoms with Crippen molar-refractivity contribution in [1.82, 2.24) is 20.1 Å². The van der Waals surface area contributed by atoms with Crippen LogP contribution < -0.4 is 10.6 Å². The molecule has 0 radical (unpaired) electrons. The fourth-order valence-corrected chi connectivity index (χ4v) is 4.31. The number of amides is 2. The van der Waals surface area contributed by atoms with E-state index >= 15 is 0 Å². The van der Waals surface area contributed by atoms with Crippen molar-refractivity contribution < 1.29 is 9.59 Å². The molecule has 2 N–H and O–H groups in total. The second kappa shape index (κ2) is 11.0. The Morgan fingerprint density at radius 1 is 0.971 bits per heavy atom. The van der Waals surface area contributed by atoms with Gasteiger partial charge in [-0.3, -0.25) is 14.2 Å². The molecule has 1 atom stereocenters. The van der Waals surface area contributed by atoms with Gasteiger partial charge in [0, 0.05) is 5.69 Å². The van der Waals surface area contributed by atoms with Crippen LogP contribution in [0.4, 0.5) is 5.69 Å². The lowest BCUT2D eigenvalue weighted by molar-refractivity contribution is -0.113. The molecule has 178 valence electrons. The molecule has 4 rings (SSSR count). The number of rotatable bonds is 8. The summed E-state index contributed by atoms with van der Waals surface area (Å²) in [7, 11) is 0. The third-order valence-electron chi connectivity index (χ3n) is 5.71. The topological polar surface area (TPSA) is 88.9 Å². The van der Waals surface area contributed by atoms with Crippen molar-refractivity contribution in [2.24, 2.45) is 0 Å². The average Bonchev–Trinajstić information content (AvgIpc) is 3.34. The van der Waals surface area contributed by atoms with Gasteiger partial charge < -0.3 is 10.6 Å². The summed E-state index contributed by atoms with van der Waals surface area (Å²) >= 11 is 1.28. The van der Waals surface area contributed by atoms with Crippen molar-refractivity contribution >= 4 is 29.3 Å². The molecule has 35 heavy (non-hydrogen) atoms. The number of aryl methyl sites for hydroxylation is 2. The first-order chi connectivity index (χ1) is 16.9. The number of thioether (sulfide) groups is 1. The summed E-state index contributed by atoms with van der Waals surface area (Å²) in [6.07, 6.45) is 1.64. The van der Waals surface area contributed by atoms with E-state index < -0.39 is 0 Å². The number of hydrogen-bond donors (Lipinski definition) is 2. The number of para-hydroxylation sites is 1. The first-order valence-electron chi connectivity index (χ1n) is 11.3. The van der Waals surface area contributed by atoms with Gasteiger partial charge in [-0.15, -0.1) is 10.2 Å². The first kappa shape index (κ1) is 24.2. The maximum atomic E-state index is 12.9. The molecular weight excluding hydrogens is 458 g/mol. The number of carbonyl (C=O) groups excluding carboxylic acids is 2. The third-order valence-corrected chi connectivity index (χ3v) is 6.65. The fourth-order valence-electron chi connectivity index (χ4n) is 3.58. The molecule has 0 saturated carbocycles. The minimum Gasteiger partial charge on any atom is -0.345 e. The number of hydrogen-bond acceptors (Lipinski definition) is 5. The van der Waals surface area contributed by atoms with Gasteiger partial charge in [-0.25, -0.2) is 0 Å². The van der Waals surface area contributed by atoms with Gasteiger partial charge in [-0.1, -0.05) is 60.3 Å². The van der Waals surface area contributed by atoms with E-state index in [0.29, 0.717) is 16.4 Å². The number of carbonyl (C=O) groups is 2. The number of aromatic nitrogens is 3. The van der Waals surface area contributed by atoms with Crippen molar-refractivity contribution in [3.8, 4) is 5.69 Å². The van der Waals surface area contributed by atoms with Crippen LogP contribution in [0, 0.1) is 13.8 Å². The summed E-state index contributed by atoms with van der Waals surface area (Å²) in [5.41, 5.74) is 5.19. The van der Waals surface area contributed by atoms with E-state index in [1.807, 2.05) is 54.0 Å². The molecule has 0 aliphatic heterocycles. The second-order valence-electron chi connectivity index (χ2n) is 8.24. The third kappa shape index (κ3) is 5.96. The van der Waals surface area contributed by atoms with E-state index in [2.05, 4.69) is 40.7 Å². The Kier molecular flexibility index (Phi) is 7.62. The predicted octanol–water partition coefficient (Wildman–Crippen LogP) is 5.11. The van der Waals surface area contributed by atoms with Gasteiger partial charge in [0.2, 0.25) is 5.91 Å². The van der Waals surface area contributed by atoms with Crippen LogP contribution in [-0.4, -0.2) is 32.3 Å². The lowest BCUT2D eigenvalue weighted by atomic mass is 10.1. The van der Waals surface area contributed by atoms with Gasteiger partial charge >= 0.3 is 0 Å². The molecule has 0 spiro atoms. The highest BCUT2D eigenvalue weighted by atomic mass is 32.2. The van der Waals surface area contributed by atoms with E-state index in [-0.39, 0.29) is 23.6 Å². The average molecular weight is 486 g/mol. The van der Waals surface area contributed by atoms with Crippen molar-refractivity contribution in [3.05, 3.63) is 101 Å². The minimum absolute atomic E-state index is 0.125. The number of nitrogens with zero attached hydrogens (tertiary/aromatic N) is 3. The fraction of sp³-hybridized carbons (Fsp3) is 0.185.